The molecule has 3 nitrogen and oxygen atoms in total. The largest absolute Gasteiger partial charge is 0.481 e. The lowest BCUT2D eigenvalue weighted by molar-refractivity contribution is -0.145. The highest BCUT2D eigenvalue weighted by atomic mass is 79.9. The Morgan fingerprint density at radius 1 is 1.76 bits per heavy atom. The minimum absolute atomic E-state index is 0.245. The third-order valence-corrected chi connectivity index (χ3v) is 5.62. The SMILES string of the molecule is CC(C(=O)O)C1CN(Cc2cc(Br)c(Cl)s2)C1. The summed E-state index contributed by atoms with van der Waals surface area (Å²) in [4.78, 5) is 14.3. The molecule has 94 valence electrons. The van der Waals surface area contributed by atoms with E-state index in [0.717, 1.165) is 28.4 Å². The zero-order chi connectivity index (χ0) is 12.6. The number of likely N-dealkylation sites (tertiary alicyclic amines) is 1. The molecule has 1 atom stereocenters. The number of nitrogens with zero attached hydrogens (tertiary/aromatic N) is 1. The van der Waals surface area contributed by atoms with Crippen LogP contribution in [0.1, 0.15) is 11.8 Å². The van der Waals surface area contributed by atoms with Crippen molar-refractivity contribution in [2.75, 3.05) is 13.1 Å². The predicted molar refractivity (Wildman–Crippen MR) is 72.6 cm³/mol. The highest BCUT2D eigenvalue weighted by molar-refractivity contribution is 9.10. The molecule has 1 N–H and O–H groups in total. The second-order valence-corrected chi connectivity index (χ2v) is 7.01. The van der Waals surface area contributed by atoms with E-state index in [4.69, 9.17) is 16.7 Å². The van der Waals surface area contributed by atoms with Gasteiger partial charge in [0.15, 0.2) is 0 Å². The fourth-order valence-electron chi connectivity index (χ4n) is 1.95. The van der Waals surface area contributed by atoms with Crippen LogP contribution < -0.4 is 0 Å². The second kappa shape index (κ2) is 5.26. The Balaban J connectivity index is 1.83. The minimum Gasteiger partial charge on any atom is -0.481 e. The van der Waals surface area contributed by atoms with E-state index in [9.17, 15) is 4.79 Å². The summed E-state index contributed by atoms with van der Waals surface area (Å²) >= 11 is 10.9. The van der Waals surface area contributed by atoms with Gasteiger partial charge in [-0.15, -0.1) is 11.3 Å². The molecule has 6 heteroatoms. The van der Waals surface area contributed by atoms with Crippen LogP contribution in [0.2, 0.25) is 4.34 Å². The summed E-state index contributed by atoms with van der Waals surface area (Å²) in [7, 11) is 0. The summed E-state index contributed by atoms with van der Waals surface area (Å²) in [6, 6.07) is 2.03. The molecular formula is C11H13BrClNO2S. The number of hydrogen-bond donors (Lipinski definition) is 1. The molecule has 0 saturated carbocycles. The topological polar surface area (TPSA) is 40.5 Å². The summed E-state index contributed by atoms with van der Waals surface area (Å²) in [5, 5.41) is 8.89. The van der Waals surface area contributed by atoms with E-state index in [1.807, 2.05) is 6.07 Å². The van der Waals surface area contributed by atoms with E-state index in [1.54, 1.807) is 18.3 Å². The van der Waals surface area contributed by atoms with Gasteiger partial charge in [0.25, 0.3) is 0 Å². The Morgan fingerprint density at radius 2 is 2.41 bits per heavy atom. The third-order valence-electron chi connectivity index (χ3n) is 3.16. The van der Waals surface area contributed by atoms with Crippen LogP contribution in [-0.2, 0) is 11.3 Å². The number of halogens is 2. The first-order chi connectivity index (χ1) is 7.97. The fourth-order valence-corrected chi connectivity index (χ4v) is 3.78. The summed E-state index contributed by atoms with van der Waals surface area (Å²) in [5.41, 5.74) is 0. The summed E-state index contributed by atoms with van der Waals surface area (Å²) in [5.74, 6) is -0.659. The van der Waals surface area contributed by atoms with Crippen LogP contribution in [0, 0.1) is 11.8 Å². The number of carboxylic acids is 1. The maximum atomic E-state index is 10.8. The molecule has 17 heavy (non-hydrogen) atoms. The first-order valence-electron chi connectivity index (χ1n) is 5.36. The first-order valence-corrected chi connectivity index (χ1v) is 7.35. The quantitative estimate of drug-likeness (QED) is 0.915. The van der Waals surface area contributed by atoms with Crippen molar-refractivity contribution in [1.82, 2.24) is 4.90 Å². The van der Waals surface area contributed by atoms with Gasteiger partial charge in [0, 0.05) is 29.0 Å². The van der Waals surface area contributed by atoms with Gasteiger partial charge in [-0.05, 0) is 27.9 Å². The molecule has 0 bridgehead atoms. The van der Waals surface area contributed by atoms with E-state index < -0.39 is 5.97 Å². The van der Waals surface area contributed by atoms with Crippen LogP contribution in [0.15, 0.2) is 10.5 Å². The van der Waals surface area contributed by atoms with Crippen molar-refractivity contribution >= 4 is 44.8 Å². The zero-order valence-electron chi connectivity index (χ0n) is 9.32. The molecule has 0 spiro atoms. The van der Waals surface area contributed by atoms with Crippen molar-refractivity contribution in [3.63, 3.8) is 0 Å². The third kappa shape index (κ3) is 3.02. The summed E-state index contributed by atoms with van der Waals surface area (Å²) in [6.45, 7) is 4.36. The maximum absolute atomic E-state index is 10.8. The van der Waals surface area contributed by atoms with Gasteiger partial charge in [-0.2, -0.15) is 0 Å². The molecule has 1 saturated heterocycles. The molecule has 0 aliphatic carbocycles. The Labute approximate surface area is 118 Å². The van der Waals surface area contributed by atoms with Crippen molar-refractivity contribution in [3.8, 4) is 0 Å². The van der Waals surface area contributed by atoms with Gasteiger partial charge < -0.3 is 5.11 Å². The number of rotatable bonds is 4. The van der Waals surface area contributed by atoms with E-state index in [2.05, 4.69) is 20.8 Å². The predicted octanol–water partition coefficient (Wildman–Crippen LogP) is 3.32. The van der Waals surface area contributed by atoms with Gasteiger partial charge in [0.05, 0.1) is 5.92 Å². The molecule has 1 aliphatic heterocycles. The van der Waals surface area contributed by atoms with Crippen LogP contribution >= 0.6 is 38.9 Å². The monoisotopic (exact) mass is 337 g/mol. The molecule has 1 aromatic rings. The smallest absolute Gasteiger partial charge is 0.306 e. The molecule has 1 aliphatic rings. The minimum atomic E-state index is -0.698. The van der Waals surface area contributed by atoms with Crippen molar-refractivity contribution in [3.05, 3.63) is 19.8 Å². The normalized spacial score (nSPS) is 19.0. The maximum Gasteiger partial charge on any atom is 0.306 e. The number of hydrogen-bond acceptors (Lipinski definition) is 3. The van der Waals surface area contributed by atoms with Gasteiger partial charge in [-0.25, -0.2) is 0 Å². The van der Waals surface area contributed by atoms with E-state index in [-0.39, 0.29) is 11.8 Å². The van der Waals surface area contributed by atoms with Gasteiger partial charge in [-0.3, -0.25) is 9.69 Å². The van der Waals surface area contributed by atoms with Crippen molar-refractivity contribution in [2.24, 2.45) is 11.8 Å². The van der Waals surface area contributed by atoms with Crippen LogP contribution in [0.25, 0.3) is 0 Å². The van der Waals surface area contributed by atoms with E-state index in [0.29, 0.717) is 0 Å². The van der Waals surface area contributed by atoms with Crippen LogP contribution in [0.5, 0.6) is 0 Å². The molecule has 2 heterocycles. The Bertz CT molecular complexity index is 412. The van der Waals surface area contributed by atoms with Crippen molar-refractivity contribution in [1.29, 1.82) is 0 Å². The average Bonchev–Trinajstić information content (AvgIpc) is 2.50. The summed E-state index contributed by atoms with van der Waals surface area (Å²) < 4.78 is 1.71. The van der Waals surface area contributed by atoms with E-state index in [1.165, 1.54) is 4.88 Å². The highest BCUT2D eigenvalue weighted by Gasteiger charge is 2.34. The lowest BCUT2D eigenvalue weighted by Gasteiger charge is -2.41. The average molecular weight is 339 g/mol. The Hall–Kier alpha value is -0.100. The fraction of sp³-hybridized carbons (Fsp3) is 0.545. The molecule has 2 rings (SSSR count). The standard InChI is InChI=1S/C11H13BrClNO2S/c1-6(11(15)16)7-3-14(4-7)5-8-2-9(12)10(13)17-8/h2,6-7H,3-5H2,1H3,(H,15,16). The van der Waals surface area contributed by atoms with Crippen LogP contribution in [0.4, 0.5) is 0 Å². The van der Waals surface area contributed by atoms with Crippen LogP contribution in [0.3, 0.4) is 0 Å². The number of carboxylic acid groups (broad SMARTS) is 1. The van der Waals surface area contributed by atoms with Gasteiger partial charge in [0.1, 0.15) is 4.34 Å². The van der Waals surface area contributed by atoms with Crippen molar-refractivity contribution < 1.29 is 9.90 Å². The molecule has 0 amide bonds. The van der Waals surface area contributed by atoms with E-state index >= 15 is 0 Å². The van der Waals surface area contributed by atoms with Crippen LogP contribution in [-0.4, -0.2) is 29.1 Å². The molecular weight excluding hydrogens is 326 g/mol. The molecule has 1 fully saturated rings. The van der Waals surface area contributed by atoms with Crippen molar-refractivity contribution in [2.45, 2.75) is 13.5 Å². The first kappa shape index (κ1) is 13.3. The summed E-state index contributed by atoms with van der Waals surface area (Å²) in [6.07, 6.45) is 0. The molecule has 0 aromatic carbocycles. The van der Waals surface area contributed by atoms with Gasteiger partial charge in [0.2, 0.25) is 0 Å². The Kier molecular flexibility index (Phi) is 4.13. The second-order valence-electron chi connectivity index (χ2n) is 4.42. The molecule has 1 aromatic heterocycles. The highest BCUT2D eigenvalue weighted by Crippen LogP contribution is 2.34. The Morgan fingerprint density at radius 3 is 2.88 bits per heavy atom. The number of thiophene rings is 1. The molecule has 0 radical (unpaired) electrons. The van der Waals surface area contributed by atoms with Gasteiger partial charge >= 0.3 is 5.97 Å². The lowest BCUT2D eigenvalue weighted by atomic mass is 9.87. The number of aliphatic carboxylic acids is 1. The van der Waals surface area contributed by atoms with Gasteiger partial charge in [-0.1, -0.05) is 18.5 Å². The molecule has 1 unspecified atom stereocenters. The lowest BCUT2D eigenvalue weighted by Crippen LogP contribution is -2.50. The zero-order valence-corrected chi connectivity index (χ0v) is 12.5. The number of carbonyl (C=O) groups is 1.